The number of hydrogen-bond donors (Lipinski definition) is 2. The molecule has 6 nitrogen and oxygen atoms in total. The van der Waals surface area contributed by atoms with Crippen LogP contribution < -0.4 is 15.8 Å². The van der Waals surface area contributed by atoms with Gasteiger partial charge in [-0.15, -0.1) is 0 Å². The molecule has 2 aromatic heterocycles. The van der Waals surface area contributed by atoms with E-state index in [-0.39, 0.29) is 5.56 Å². The maximum absolute atomic E-state index is 12.3. The van der Waals surface area contributed by atoms with Crippen molar-refractivity contribution in [2.45, 2.75) is 12.8 Å². The van der Waals surface area contributed by atoms with E-state index in [1.165, 1.54) is 0 Å². The Hall–Kier alpha value is -2.67. The minimum atomic E-state index is -0.110. The number of H-pyrrole nitrogens is 1. The fraction of sp³-hybridized carbons (Fsp3) is 0.250. The van der Waals surface area contributed by atoms with Gasteiger partial charge in [-0.05, 0) is 36.2 Å². The molecular weight excluding hydrogens is 406 g/mol. The number of anilines is 2. The summed E-state index contributed by atoms with van der Waals surface area (Å²) in [6, 6.07) is 13.8. The quantitative estimate of drug-likeness (QED) is 0.538. The fourth-order valence-corrected chi connectivity index (χ4v) is 2.94. The third-order valence-electron chi connectivity index (χ3n) is 4.18. The molecule has 0 saturated heterocycles. The molecule has 2 N–H and O–H groups in total. The van der Waals surface area contributed by atoms with Gasteiger partial charge in [-0.3, -0.25) is 9.78 Å². The summed E-state index contributed by atoms with van der Waals surface area (Å²) in [6.45, 7) is 1.57. The van der Waals surface area contributed by atoms with Crippen LogP contribution in [0.15, 0.2) is 64.1 Å². The molecule has 0 amide bonds. The number of aromatic amines is 1. The molecule has 0 spiro atoms. The summed E-state index contributed by atoms with van der Waals surface area (Å²) < 4.78 is 1.02. The molecule has 0 unspecified atom stereocenters. The Morgan fingerprint density at radius 2 is 1.96 bits per heavy atom. The Labute approximate surface area is 166 Å². The standard InChI is InChI=1S/C20H22BrN5O/c1-26(18-5-2-3-10-22-18)12-4-11-23-20-24-14-16(19(27)25-20)13-15-6-8-17(21)9-7-15/h2-3,5-10,14H,4,11-13H2,1H3,(H2,23,24,25,27). The second-order valence-corrected chi connectivity index (χ2v) is 7.19. The van der Waals surface area contributed by atoms with Crippen molar-refractivity contribution in [3.63, 3.8) is 0 Å². The highest BCUT2D eigenvalue weighted by Crippen LogP contribution is 2.12. The molecule has 0 aliphatic rings. The third-order valence-corrected chi connectivity index (χ3v) is 4.71. The summed E-state index contributed by atoms with van der Waals surface area (Å²) in [4.78, 5) is 25.8. The highest BCUT2D eigenvalue weighted by atomic mass is 79.9. The van der Waals surface area contributed by atoms with Crippen LogP contribution in [0, 0.1) is 0 Å². The van der Waals surface area contributed by atoms with Crippen molar-refractivity contribution in [1.82, 2.24) is 15.0 Å². The van der Waals surface area contributed by atoms with Gasteiger partial charge in [-0.2, -0.15) is 0 Å². The van der Waals surface area contributed by atoms with Crippen molar-refractivity contribution in [3.05, 3.63) is 80.8 Å². The number of nitrogens with zero attached hydrogens (tertiary/aromatic N) is 3. The lowest BCUT2D eigenvalue weighted by atomic mass is 10.1. The lowest BCUT2D eigenvalue weighted by Crippen LogP contribution is -2.23. The molecule has 1 aromatic carbocycles. The molecule has 0 saturated carbocycles. The number of benzene rings is 1. The van der Waals surface area contributed by atoms with E-state index in [1.54, 1.807) is 12.4 Å². The van der Waals surface area contributed by atoms with Crippen molar-refractivity contribution in [2.24, 2.45) is 0 Å². The molecule has 2 heterocycles. The molecule has 0 fully saturated rings. The van der Waals surface area contributed by atoms with Crippen molar-refractivity contribution >= 4 is 27.7 Å². The molecule has 140 valence electrons. The zero-order valence-electron chi connectivity index (χ0n) is 15.2. The second kappa shape index (κ2) is 9.32. The number of pyridine rings is 1. The van der Waals surface area contributed by atoms with E-state index < -0.39 is 0 Å². The lowest BCUT2D eigenvalue weighted by Gasteiger charge is -2.17. The van der Waals surface area contributed by atoms with Gasteiger partial charge < -0.3 is 10.2 Å². The van der Waals surface area contributed by atoms with Crippen LogP contribution in [0.4, 0.5) is 11.8 Å². The van der Waals surface area contributed by atoms with Crippen LogP contribution in [-0.2, 0) is 6.42 Å². The third kappa shape index (κ3) is 5.65. The van der Waals surface area contributed by atoms with Crippen LogP contribution >= 0.6 is 15.9 Å². The zero-order valence-corrected chi connectivity index (χ0v) is 16.7. The lowest BCUT2D eigenvalue weighted by molar-refractivity contribution is 0.799. The van der Waals surface area contributed by atoms with E-state index >= 15 is 0 Å². The van der Waals surface area contributed by atoms with Crippen LogP contribution in [0.3, 0.4) is 0 Å². The average Bonchev–Trinajstić information content (AvgIpc) is 2.69. The smallest absolute Gasteiger partial charge is 0.255 e. The highest BCUT2D eigenvalue weighted by Gasteiger charge is 2.05. The predicted octanol–water partition coefficient (Wildman–Crippen LogP) is 3.46. The van der Waals surface area contributed by atoms with E-state index in [9.17, 15) is 4.79 Å². The Kier molecular flexibility index (Phi) is 6.59. The molecule has 27 heavy (non-hydrogen) atoms. The van der Waals surface area contributed by atoms with Crippen LogP contribution in [0.1, 0.15) is 17.5 Å². The van der Waals surface area contributed by atoms with Gasteiger partial charge in [0.25, 0.3) is 5.56 Å². The summed E-state index contributed by atoms with van der Waals surface area (Å²) in [6.07, 6.45) is 4.89. The normalized spacial score (nSPS) is 10.6. The van der Waals surface area contributed by atoms with Crippen molar-refractivity contribution in [2.75, 3.05) is 30.4 Å². The maximum Gasteiger partial charge on any atom is 0.255 e. The fourth-order valence-electron chi connectivity index (χ4n) is 2.68. The first-order chi connectivity index (χ1) is 13.1. The van der Waals surface area contributed by atoms with Crippen LogP contribution in [0.2, 0.25) is 0 Å². The number of halogens is 1. The summed E-state index contributed by atoms with van der Waals surface area (Å²) in [5.41, 5.74) is 1.61. The van der Waals surface area contributed by atoms with E-state index in [4.69, 9.17) is 0 Å². The van der Waals surface area contributed by atoms with Gasteiger partial charge in [0.1, 0.15) is 5.82 Å². The van der Waals surface area contributed by atoms with Crippen LogP contribution in [-0.4, -0.2) is 35.1 Å². The maximum atomic E-state index is 12.3. The Bertz CT molecular complexity index is 912. The molecular formula is C20H22BrN5O. The van der Waals surface area contributed by atoms with E-state index in [0.717, 1.165) is 28.8 Å². The minimum Gasteiger partial charge on any atom is -0.360 e. The van der Waals surface area contributed by atoms with Crippen molar-refractivity contribution < 1.29 is 0 Å². The van der Waals surface area contributed by atoms with Gasteiger partial charge in [0.05, 0.1) is 0 Å². The van der Waals surface area contributed by atoms with Crippen molar-refractivity contribution in [1.29, 1.82) is 0 Å². The highest BCUT2D eigenvalue weighted by molar-refractivity contribution is 9.10. The Morgan fingerprint density at radius 3 is 2.67 bits per heavy atom. The number of hydrogen-bond acceptors (Lipinski definition) is 5. The molecule has 0 aliphatic carbocycles. The Morgan fingerprint density at radius 1 is 1.15 bits per heavy atom. The first-order valence-corrected chi connectivity index (χ1v) is 9.60. The van der Waals surface area contributed by atoms with Crippen LogP contribution in [0.5, 0.6) is 0 Å². The molecule has 7 heteroatoms. The largest absolute Gasteiger partial charge is 0.360 e. The van der Waals surface area contributed by atoms with Gasteiger partial charge >= 0.3 is 0 Å². The molecule has 0 bridgehead atoms. The molecule has 3 aromatic rings. The average molecular weight is 428 g/mol. The molecule has 3 rings (SSSR count). The van der Waals surface area contributed by atoms with E-state index in [0.29, 0.717) is 24.5 Å². The first kappa shape index (κ1) is 19.1. The predicted molar refractivity (Wildman–Crippen MR) is 112 cm³/mol. The minimum absolute atomic E-state index is 0.110. The van der Waals surface area contributed by atoms with Gasteiger partial charge in [0.2, 0.25) is 5.95 Å². The van der Waals surface area contributed by atoms with Gasteiger partial charge in [0, 0.05) is 49.0 Å². The molecule has 0 aliphatic heterocycles. The summed E-state index contributed by atoms with van der Waals surface area (Å²) >= 11 is 3.41. The second-order valence-electron chi connectivity index (χ2n) is 6.28. The van der Waals surface area contributed by atoms with Gasteiger partial charge in [-0.1, -0.05) is 34.1 Å². The topological polar surface area (TPSA) is 73.9 Å². The summed E-state index contributed by atoms with van der Waals surface area (Å²) in [5.74, 6) is 1.45. The summed E-state index contributed by atoms with van der Waals surface area (Å²) in [7, 11) is 2.01. The monoisotopic (exact) mass is 427 g/mol. The number of aromatic nitrogens is 3. The zero-order chi connectivity index (χ0) is 19.1. The van der Waals surface area contributed by atoms with Crippen LogP contribution in [0.25, 0.3) is 0 Å². The van der Waals surface area contributed by atoms with Gasteiger partial charge in [-0.25, -0.2) is 9.97 Å². The van der Waals surface area contributed by atoms with Crippen molar-refractivity contribution in [3.8, 4) is 0 Å². The van der Waals surface area contributed by atoms with E-state index in [2.05, 4.69) is 41.1 Å². The number of rotatable bonds is 8. The molecule has 0 atom stereocenters. The first-order valence-electron chi connectivity index (χ1n) is 8.80. The number of nitrogens with one attached hydrogen (secondary N) is 2. The molecule has 0 radical (unpaired) electrons. The van der Waals surface area contributed by atoms with Gasteiger partial charge in [0.15, 0.2) is 0 Å². The summed E-state index contributed by atoms with van der Waals surface area (Å²) in [5, 5.41) is 3.17. The van der Waals surface area contributed by atoms with E-state index in [1.807, 2.05) is 49.5 Å². The Balaban J connectivity index is 1.49. The SMILES string of the molecule is CN(CCCNc1ncc(Cc2ccc(Br)cc2)c(=O)[nH]1)c1ccccn1.